The Bertz CT molecular complexity index is 59.5. The van der Waals surface area contributed by atoms with Crippen LogP contribution in [0.25, 0.3) is 0 Å². The summed E-state index contributed by atoms with van der Waals surface area (Å²) in [5.41, 5.74) is 0. The van der Waals surface area contributed by atoms with E-state index in [1.54, 1.807) is 6.26 Å². The van der Waals surface area contributed by atoms with Crippen molar-refractivity contribution in [2.75, 3.05) is 13.4 Å². The molecule has 2 heteroatoms. The van der Waals surface area contributed by atoms with Crippen LogP contribution in [-0.2, 0) is 9.47 Å². The van der Waals surface area contributed by atoms with Gasteiger partial charge in [0.15, 0.2) is 6.79 Å². The van der Waals surface area contributed by atoms with Crippen LogP contribution < -0.4 is 0 Å². The molecule has 0 aliphatic carbocycles. The molecule has 0 aliphatic rings. The molecule has 0 saturated heterocycles. The van der Waals surface area contributed by atoms with E-state index in [9.17, 15) is 0 Å². The predicted octanol–water partition coefficient (Wildman–Crippen LogP) is 1.53. The van der Waals surface area contributed by atoms with Crippen molar-refractivity contribution in [3.63, 3.8) is 0 Å². The summed E-state index contributed by atoms with van der Waals surface area (Å²) in [5.74, 6) is 0. The van der Waals surface area contributed by atoms with Gasteiger partial charge in [0.1, 0.15) is 0 Å². The molecule has 0 fully saturated rings. The van der Waals surface area contributed by atoms with Crippen molar-refractivity contribution in [2.24, 2.45) is 0 Å². The predicted molar refractivity (Wildman–Crippen MR) is 32.4 cm³/mol. The third-order valence-electron chi connectivity index (χ3n) is 0.588. The van der Waals surface area contributed by atoms with Crippen molar-refractivity contribution >= 4 is 0 Å². The Morgan fingerprint density at radius 3 is 2.75 bits per heavy atom. The SMILES string of the molecule is C/C=C/OCOCC. The molecule has 0 aromatic rings. The second kappa shape index (κ2) is 6.50. The van der Waals surface area contributed by atoms with Gasteiger partial charge in [-0.05, 0) is 13.8 Å². The smallest absolute Gasteiger partial charge is 0.188 e. The molecule has 0 spiro atoms. The van der Waals surface area contributed by atoms with Crippen LogP contribution in [0.3, 0.4) is 0 Å². The summed E-state index contributed by atoms with van der Waals surface area (Å²) >= 11 is 0. The number of rotatable bonds is 4. The van der Waals surface area contributed by atoms with Gasteiger partial charge in [0, 0.05) is 6.61 Å². The van der Waals surface area contributed by atoms with Crippen LogP contribution in [0.2, 0.25) is 0 Å². The van der Waals surface area contributed by atoms with Gasteiger partial charge >= 0.3 is 0 Å². The summed E-state index contributed by atoms with van der Waals surface area (Å²) in [6.07, 6.45) is 3.43. The van der Waals surface area contributed by atoms with Gasteiger partial charge < -0.3 is 9.47 Å². The van der Waals surface area contributed by atoms with Crippen LogP contribution in [0.15, 0.2) is 12.3 Å². The minimum Gasteiger partial charge on any atom is -0.476 e. The van der Waals surface area contributed by atoms with E-state index in [1.165, 1.54) is 0 Å². The fourth-order valence-corrected chi connectivity index (χ4v) is 0.267. The monoisotopic (exact) mass is 116 g/mol. The molecule has 48 valence electrons. The van der Waals surface area contributed by atoms with Crippen molar-refractivity contribution in [3.05, 3.63) is 12.3 Å². The van der Waals surface area contributed by atoms with E-state index in [2.05, 4.69) is 0 Å². The maximum absolute atomic E-state index is 4.86. The van der Waals surface area contributed by atoms with Crippen molar-refractivity contribution in [2.45, 2.75) is 13.8 Å². The molecular formula is C6H12O2. The molecule has 0 N–H and O–H groups in total. The fourth-order valence-electron chi connectivity index (χ4n) is 0.267. The quantitative estimate of drug-likeness (QED) is 0.315. The minimum absolute atomic E-state index is 0.362. The molecule has 0 heterocycles. The Labute approximate surface area is 50.1 Å². The van der Waals surface area contributed by atoms with E-state index in [1.807, 2.05) is 19.9 Å². The van der Waals surface area contributed by atoms with Gasteiger partial charge in [0.25, 0.3) is 0 Å². The third kappa shape index (κ3) is 5.50. The van der Waals surface area contributed by atoms with E-state index < -0.39 is 0 Å². The lowest BCUT2D eigenvalue weighted by atomic mass is 10.7. The molecule has 0 atom stereocenters. The van der Waals surface area contributed by atoms with Crippen LogP contribution in [-0.4, -0.2) is 13.4 Å². The second-order valence-corrected chi connectivity index (χ2v) is 1.25. The zero-order valence-corrected chi connectivity index (χ0v) is 5.39. The molecule has 8 heavy (non-hydrogen) atoms. The van der Waals surface area contributed by atoms with Gasteiger partial charge in [-0.25, -0.2) is 0 Å². The van der Waals surface area contributed by atoms with Crippen molar-refractivity contribution in [1.82, 2.24) is 0 Å². The molecule has 0 rings (SSSR count). The molecule has 0 amide bonds. The summed E-state index contributed by atoms with van der Waals surface area (Å²) in [6, 6.07) is 0. The summed E-state index contributed by atoms with van der Waals surface area (Å²) in [7, 11) is 0. The first kappa shape index (κ1) is 7.50. The second-order valence-electron chi connectivity index (χ2n) is 1.25. The largest absolute Gasteiger partial charge is 0.476 e. The van der Waals surface area contributed by atoms with E-state index in [0.717, 1.165) is 0 Å². The fraction of sp³-hybridized carbons (Fsp3) is 0.667. The Kier molecular flexibility index (Phi) is 6.09. The molecule has 0 bridgehead atoms. The van der Waals surface area contributed by atoms with Gasteiger partial charge in [-0.1, -0.05) is 6.08 Å². The lowest BCUT2D eigenvalue weighted by Gasteiger charge is -1.97. The molecule has 0 radical (unpaired) electrons. The van der Waals surface area contributed by atoms with Crippen LogP contribution in [0.5, 0.6) is 0 Å². The van der Waals surface area contributed by atoms with Crippen molar-refractivity contribution < 1.29 is 9.47 Å². The molecule has 0 aromatic carbocycles. The topological polar surface area (TPSA) is 18.5 Å². The molecule has 0 aromatic heterocycles. The highest BCUT2D eigenvalue weighted by Crippen LogP contribution is 1.77. The van der Waals surface area contributed by atoms with Gasteiger partial charge in [0.05, 0.1) is 6.26 Å². The van der Waals surface area contributed by atoms with Crippen LogP contribution >= 0.6 is 0 Å². The molecule has 2 nitrogen and oxygen atoms in total. The van der Waals surface area contributed by atoms with E-state index in [0.29, 0.717) is 13.4 Å². The summed E-state index contributed by atoms with van der Waals surface area (Å²) in [5, 5.41) is 0. The van der Waals surface area contributed by atoms with Gasteiger partial charge in [-0.15, -0.1) is 0 Å². The Morgan fingerprint density at radius 2 is 2.25 bits per heavy atom. The number of allylic oxidation sites excluding steroid dienone is 1. The van der Waals surface area contributed by atoms with Gasteiger partial charge in [-0.2, -0.15) is 0 Å². The highest BCUT2D eigenvalue weighted by Gasteiger charge is 1.74. The van der Waals surface area contributed by atoms with E-state index in [-0.39, 0.29) is 0 Å². The standard InChI is InChI=1S/C6H12O2/c1-3-5-8-6-7-4-2/h3,5H,4,6H2,1-2H3/b5-3+. The van der Waals surface area contributed by atoms with E-state index in [4.69, 9.17) is 9.47 Å². The Hall–Kier alpha value is -0.500. The minimum atomic E-state index is 0.362. The first-order chi connectivity index (χ1) is 3.91. The molecule has 0 aliphatic heterocycles. The Balaban J connectivity index is 2.72. The van der Waals surface area contributed by atoms with Crippen molar-refractivity contribution in [1.29, 1.82) is 0 Å². The van der Waals surface area contributed by atoms with Crippen LogP contribution in [0.1, 0.15) is 13.8 Å². The normalized spacial score (nSPS) is 10.2. The average Bonchev–Trinajstić information content (AvgIpc) is 1.81. The Morgan fingerprint density at radius 1 is 1.50 bits per heavy atom. The van der Waals surface area contributed by atoms with Gasteiger partial charge in [0.2, 0.25) is 0 Å². The van der Waals surface area contributed by atoms with Gasteiger partial charge in [-0.3, -0.25) is 0 Å². The number of ether oxygens (including phenoxy) is 2. The lowest BCUT2D eigenvalue weighted by Crippen LogP contribution is -1.93. The number of hydrogen-bond acceptors (Lipinski definition) is 2. The zero-order valence-electron chi connectivity index (χ0n) is 5.39. The van der Waals surface area contributed by atoms with E-state index >= 15 is 0 Å². The zero-order chi connectivity index (χ0) is 6.24. The highest BCUT2D eigenvalue weighted by molar-refractivity contribution is 4.63. The van der Waals surface area contributed by atoms with Crippen LogP contribution in [0.4, 0.5) is 0 Å². The van der Waals surface area contributed by atoms with Crippen molar-refractivity contribution in [3.8, 4) is 0 Å². The molecule has 0 unspecified atom stereocenters. The first-order valence-corrected chi connectivity index (χ1v) is 2.72. The maximum atomic E-state index is 4.86. The average molecular weight is 116 g/mol. The molecular weight excluding hydrogens is 104 g/mol. The number of hydrogen-bond donors (Lipinski definition) is 0. The lowest BCUT2D eigenvalue weighted by molar-refractivity contribution is -0.00520. The summed E-state index contributed by atoms with van der Waals surface area (Å²) < 4.78 is 9.68. The van der Waals surface area contributed by atoms with Crippen LogP contribution in [0, 0.1) is 0 Å². The summed E-state index contributed by atoms with van der Waals surface area (Å²) in [4.78, 5) is 0. The third-order valence-corrected chi connectivity index (χ3v) is 0.588. The molecule has 0 saturated carbocycles. The first-order valence-electron chi connectivity index (χ1n) is 2.72. The highest BCUT2D eigenvalue weighted by atomic mass is 16.7. The summed E-state index contributed by atoms with van der Waals surface area (Å²) in [6.45, 7) is 4.89. The maximum Gasteiger partial charge on any atom is 0.188 e.